The Morgan fingerprint density at radius 1 is 1.30 bits per heavy atom. The maximum atomic E-state index is 12.4. The van der Waals surface area contributed by atoms with Crippen molar-refractivity contribution in [1.29, 1.82) is 0 Å². The van der Waals surface area contributed by atoms with Gasteiger partial charge in [-0.15, -0.1) is 0 Å². The molecule has 1 aromatic rings. The van der Waals surface area contributed by atoms with Gasteiger partial charge in [-0.25, -0.2) is 13.1 Å². The second-order valence-electron chi connectivity index (χ2n) is 5.68. The van der Waals surface area contributed by atoms with Gasteiger partial charge < -0.3 is 5.73 Å². The van der Waals surface area contributed by atoms with Crippen LogP contribution in [0, 0.1) is 11.8 Å². The molecular weight excluding hydrogens is 340 g/mol. The highest BCUT2D eigenvalue weighted by atomic mass is 79.9. The van der Waals surface area contributed by atoms with Gasteiger partial charge >= 0.3 is 0 Å². The number of benzene rings is 1. The predicted molar refractivity (Wildman–Crippen MR) is 84.8 cm³/mol. The van der Waals surface area contributed by atoms with Crippen LogP contribution in [0.15, 0.2) is 27.6 Å². The second kappa shape index (κ2) is 6.03. The number of hydrogen-bond donors (Lipinski definition) is 2. The number of hydrogen-bond acceptors (Lipinski definition) is 3. The molecule has 0 aliphatic heterocycles. The number of rotatable bonds is 3. The fraction of sp³-hybridized carbons (Fsp3) is 0.571. The Morgan fingerprint density at radius 2 is 2.00 bits per heavy atom. The zero-order valence-electron chi connectivity index (χ0n) is 11.8. The summed E-state index contributed by atoms with van der Waals surface area (Å²) in [5.74, 6) is 0.901. The molecule has 0 aromatic heterocycles. The Kier molecular flexibility index (Phi) is 4.76. The molecule has 3 N–H and O–H groups in total. The van der Waals surface area contributed by atoms with E-state index in [-0.39, 0.29) is 10.9 Å². The summed E-state index contributed by atoms with van der Waals surface area (Å²) in [4.78, 5) is 0.226. The van der Waals surface area contributed by atoms with Gasteiger partial charge in [0.05, 0.1) is 4.90 Å². The number of halogens is 1. The molecule has 20 heavy (non-hydrogen) atoms. The summed E-state index contributed by atoms with van der Waals surface area (Å²) in [5.41, 5.74) is 6.19. The van der Waals surface area contributed by atoms with Gasteiger partial charge in [0.2, 0.25) is 10.0 Å². The minimum Gasteiger partial charge on any atom is -0.398 e. The van der Waals surface area contributed by atoms with Crippen LogP contribution in [0.25, 0.3) is 0 Å². The maximum absolute atomic E-state index is 12.4. The largest absolute Gasteiger partial charge is 0.398 e. The monoisotopic (exact) mass is 360 g/mol. The number of nitrogen functional groups attached to an aromatic ring is 1. The molecule has 0 saturated heterocycles. The van der Waals surface area contributed by atoms with Crippen LogP contribution in [0.4, 0.5) is 5.69 Å². The molecule has 2 rings (SSSR count). The van der Waals surface area contributed by atoms with Crippen molar-refractivity contribution < 1.29 is 8.42 Å². The van der Waals surface area contributed by atoms with Crippen molar-refractivity contribution in [2.75, 3.05) is 5.73 Å². The molecule has 1 saturated carbocycles. The molecule has 0 radical (unpaired) electrons. The summed E-state index contributed by atoms with van der Waals surface area (Å²) in [7, 11) is -3.51. The molecule has 112 valence electrons. The minimum absolute atomic E-state index is 0.00798. The molecule has 0 heterocycles. The van der Waals surface area contributed by atoms with E-state index in [1.165, 1.54) is 12.5 Å². The molecule has 1 aliphatic carbocycles. The highest BCUT2D eigenvalue weighted by molar-refractivity contribution is 9.10. The molecule has 6 heteroatoms. The molecule has 3 unspecified atom stereocenters. The number of sulfonamides is 1. The van der Waals surface area contributed by atoms with Gasteiger partial charge in [0, 0.05) is 16.2 Å². The smallest absolute Gasteiger partial charge is 0.240 e. The Balaban J connectivity index is 2.20. The van der Waals surface area contributed by atoms with Crippen LogP contribution in [0.2, 0.25) is 0 Å². The van der Waals surface area contributed by atoms with Gasteiger partial charge in [0.25, 0.3) is 0 Å². The summed E-state index contributed by atoms with van der Waals surface area (Å²) in [6.45, 7) is 4.30. The van der Waals surface area contributed by atoms with E-state index in [2.05, 4.69) is 34.5 Å². The Hall–Kier alpha value is -0.590. The Morgan fingerprint density at radius 3 is 2.65 bits per heavy atom. The first kappa shape index (κ1) is 15.8. The number of nitrogens with one attached hydrogen (secondary N) is 1. The van der Waals surface area contributed by atoms with Crippen molar-refractivity contribution in [3.8, 4) is 0 Å². The van der Waals surface area contributed by atoms with Crippen LogP contribution in [-0.2, 0) is 10.0 Å². The molecule has 1 aromatic carbocycles. The molecule has 0 amide bonds. The summed E-state index contributed by atoms with van der Waals surface area (Å²) in [5, 5.41) is 0. The molecule has 0 bridgehead atoms. The van der Waals surface area contributed by atoms with Crippen LogP contribution < -0.4 is 10.5 Å². The summed E-state index contributed by atoms with van der Waals surface area (Å²) in [6, 6.07) is 4.73. The third-order valence-corrected chi connectivity index (χ3v) is 6.50. The fourth-order valence-electron chi connectivity index (χ4n) is 2.70. The molecule has 1 aliphatic rings. The Labute approximate surface area is 129 Å². The quantitative estimate of drug-likeness (QED) is 0.813. The zero-order valence-corrected chi connectivity index (χ0v) is 14.2. The third kappa shape index (κ3) is 3.35. The lowest BCUT2D eigenvalue weighted by molar-refractivity contribution is 0.227. The lowest BCUT2D eigenvalue weighted by Gasteiger charge is -2.34. The van der Waals surface area contributed by atoms with Gasteiger partial charge in [0.1, 0.15) is 0 Å². The lowest BCUT2D eigenvalue weighted by atomic mass is 9.78. The second-order valence-corrected chi connectivity index (χ2v) is 8.25. The van der Waals surface area contributed by atoms with Crippen LogP contribution in [0.3, 0.4) is 0 Å². The van der Waals surface area contributed by atoms with Crippen LogP contribution in [0.1, 0.15) is 33.1 Å². The van der Waals surface area contributed by atoms with Crippen LogP contribution >= 0.6 is 15.9 Å². The summed E-state index contributed by atoms with van der Waals surface area (Å²) in [6.07, 6.45) is 3.14. The van der Waals surface area contributed by atoms with Gasteiger partial charge in [-0.2, -0.15) is 0 Å². The highest BCUT2D eigenvalue weighted by Gasteiger charge is 2.30. The van der Waals surface area contributed by atoms with Gasteiger partial charge in [-0.05, 0) is 52.4 Å². The van der Waals surface area contributed by atoms with E-state index in [1.807, 2.05) is 0 Å². The fourth-order valence-corrected chi connectivity index (χ4v) is 4.35. The standard InChI is InChI=1S/C14H21BrN2O2S/c1-9-4-3-5-14(10(9)2)17-20(18,19)11-6-7-12(15)13(16)8-11/h6-10,14,17H,3-5,16H2,1-2H3. The predicted octanol–water partition coefficient (Wildman–Crippen LogP) is 3.13. The summed E-state index contributed by atoms with van der Waals surface area (Å²) >= 11 is 3.27. The van der Waals surface area contributed by atoms with Crippen molar-refractivity contribution in [3.63, 3.8) is 0 Å². The van der Waals surface area contributed by atoms with Crippen molar-refractivity contribution in [2.24, 2.45) is 11.8 Å². The first-order valence-corrected chi connectivity index (χ1v) is 9.16. The van der Waals surface area contributed by atoms with E-state index in [0.717, 1.165) is 12.8 Å². The highest BCUT2D eigenvalue weighted by Crippen LogP contribution is 2.31. The molecule has 1 fully saturated rings. The van der Waals surface area contributed by atoms with E-state index in [1.54, 1.807) is 12.1 Å². The lowest BCUT2D eigenvalue weighted by Crippen LogP contribution is -2.43. The number of nitrogens with two attached hydrogens (primary N) is 1. The average Bonchev–Trinajstić information content (AvgIpc) is 2.38. The van der Waals surface area contributed by atoms with E-state index < -0.39 is 10.0 Å². The average molecular weight is 361 g/mol. The van der Waals surface area contributed by atoms with Crippen LogP contribution in [-0.4, -0.2) is 14.5 Å². The minimum atomic E-state index is -3.51. The van der Waals surface area contributed by atoms with Gasteiger partial charge in [0.15, 0.2) is 0 Å². The van der Waals surface area contributed by atoms with Crippen molar-refractivity contribution >= 4 is 31.6 Å². The van der Waals surface area contributed by atoms with E-state index >= 15 is 0 Å². The third-order valence-electron chi connectivity index (χ3n) is 4.29. The molecule has 4 nitrogen and oxygen atoms in total. The van der Waals surface area contributed by atoms with E-state index in [0.29, 0.717) is 22.0 Å². The van der Waals surface area contributed by atoms with Crippen molar-refractivity contribution in [1.82, 2.24) is 4.72 Å². The number of anilines is 1. The molecule has 3 atom stereocenters. The van der Waals surface area contributed by atoms with E-state index in [9.17, 15) is 8.42 Å². The summed E-state index contributed by atoms with van der Waals surface area (Å²) < 4.78 is 28.4. The molecule has 0 spiro atoms. The van der Waals surface area contributed by atoms with Crippen LogP contribution in [0.5, 0.6) is 0 Å². The first-order chi connectivity index (χ1) is 9.31. The first-order valence-electron chi connectivity index (χ1n) is 6.88. The zero-order chi connectivity index (χ0) is 14.9. The van der Waals surface area contributed by atoms with Crippen molar-refractivity contribution in [2.45, 2.75) is 44.0 Å². The van der Waals surface area contributed by atoms with Crippen molar-refractivity contribution in [3.05, 3.63) is 22.7 Å². The van der Waals surface area contributed by atoms with Gasteiger partial charge in [-0.1, -0.05) is 26.7 Å². The van der Waals surface area contributed by atoms with Gasteiger partial charge in [-0.3, -0.25) is 0 Å². The topological polar surface area (TPSA) is 72.2 Å². The Bertz CT molecular complexity index is 589. The van der Waals surface area contributed by atoms with E-state index in [4.69, 9.17) is 5.73 Å². The SMILES string of the molecule is CC1CCCC(NS(=O)(=O)c2ccc(Br)c(N)c2)C1C. The maximum Gasteiger partial charge on any atom is 0.240 e. The normalized spacial score (nSPS) is 27.4. The molecular formula is C14H21BrN2O2S.